The summed E-state index contributed by atoms with van der Waals surface area (Å²) in [5.74, 6) is -8.47. The molecule has 46 heteroatoms. The van der Waals surface area contributed by atoms with Gasteiger partial charge in [-0.05, 0) is 161 Å². The van der Waals surface area contributed by atoms with Crippen molar-refractivity contribution in [2.24, 2.45) is 68.0 Å². The summed E-state index contributed by atoms with van der Waals surface area (Å²) in [5.41, 5.74) is -6.19. The van der Waals surface area contributed by atoms with Gasteiger partial charge >= 0.3 is 35.8 Å². The number of fused-ring (bicyclic) bond motifs is 15. The summed E-state index contributed by atoms with van der Waals surface area (Å²) in [6.45, 7) is 23.2. The van der Waals surface area contributed by atoms with E-state index in [1.807, 2.05) is 47.6 Å². The van der Waals surface area contributed by atoms with Crippen LogP contribution >= 0.6 is 162 Å². The van der Waals surface area contributed by atoms with Crippen molar-refractivity contribution >= 4 is 203 Å². The van der Waals surface area contributed by atoms with Crippen LogP contribution in [0.5, 0.6) is 0 Å². The highest BCUT2D eigenvalue weighted by Crippen LogP contribution is 3.10. The molecule has 3 saturated heterocycles. The number of aliphatic hydroxyl groups is 9. The second-order valence-corrected chi connectivity index (χ2v) is 98.1. The summed E-state index contributed by atoms with van der Waals surface area (Å²) in [7, 11) is 25.3. The van der Waals surface area contributed by atoms with Crippen molar-refractivity contribution in [3.05, 3.63) is 141 Å². The van der Waals surface area contributed by atoms with Crippen molar-refractivity contribution in [1.29, 1.82) is 0 Å². The smallest absolute Gasteiger partial charge is 0.338 e. The van der Waals surface area contributed by atoms with E-state index in [0.717, 1.165) is 11.1 Å². The van der Waals surface area contributed by atoms with E-state index in [4.69, 9.17) is 74.9 Å². The lowest BCUT2D eigenvalue weighted by molar-refractivity contribution is -0.354. The molecule has 0 spiro atoms. The van der Waals surface area contributed by atoms with Gasteiger partial charge in [0.2, 0.25) is 0 Å². The average molecular weight is 2220 g/mol. The van der Waals surface area contributed by atoms with Gasteiger partial charge < -0.3 is 97.6 Å². The Labute approximate surface area is 825 Å². The molecule has 15 rings (SSSR count). The molecule has 3 aromatic carbocycles. The zero-order chi connectivity index (χ0) is 99.2. The number of halogens is 2. The third-order valence-corrected chi connectivity index (χ3v) is 101. The minimum absolute atomic E-state index is 0.00675. The molecule has 6 bridgehead atoms. The van der Waals surface area contributed by atoms with E-state index in [9.17, 15) is 79.5 Å². The highest BCUT2D eigenvalue weighted by Gasteiger charge is 2.80. The Balaban J connectivity index is 0.000000183. The second kappa shape index (κ2) is 44.6. The third-order valence-electron chi connectivity index (χ3n) is 31.2. The Morgan fingerprint density at radius 2 is 0.776 bits per heavy atom. The van der Waals surface area contributed by atoms with Crippen molar-refractivity contribution in [3.8, 4) is 0 Å². The number of esters is 6. The topological polar surface area (TPSA) is 403 Å². The van der Waals surface area contributed by atoms with Gasteiger partial charge in [0.15, 0.2) is 22.6 Å². The molecule has 9 fully saturated rings. The fourth-order valence-corrected chi connectivity index (χ4v) is 124. The number of alkyl halides is 2. The van der Waals surface area contributed by atoms with Crippen LogP contribution in [0.25, 0.3) is 0 Å². The van der Waals surface area contributed by atoms with Gasteiger partial charge in [-0.3, -0.25) is 19.2 Å². The number of rotatable bonds is 19. The van der Waals surface area contributed by atoms with Crippen LogP contribution in [-0.4, -0.2) is 233 Å². The Morgan fingerprint density at radius 1 is 0.440 bits per heavy atom. The number of benzene rings is 3. The van der Waals surface area contributed by atoms with Gasteiger partial charge in [-0.25, -0.2) is 14.4 Å². The highest BCUT2D eigenvalue weighted by molar-refractivity contribution is 9.10. The van der Waals surface area contributed by atoms with Crippen LogP contribution in [0.4, 0.5) is 0 Å². The normalized spacial score (nSPS) is 38.9. The molecular formula is C88H131Cl2O27P17. The molecule has 27 nitrogen and oxygen atoms in total. The van der Waals surface area contributed by atoms with Gasteiger partial charge in [-0.15, -0.1) is 104 Å². The maximum absolute atomic E-state index is 14.4. The zero-order valence-corrected chi connectivity index (χ0v) is 96.6. The maximum atomic E-state index is 14.4. The average Bonchev–Trinajstić information content (AvgIpc) is 0.677. The maximum Gasteiger partial charge on any atom is 0.338 e. The highest BCUT2D eigenvalue weighted by atomic mass is 35.5. The Bertz CT molecular complexity index is 4900. The van der Waals surface area contributed by atoms with Crippen LogP contribution in [0, 0.1) is 68.0 Å². The number of ketones is 1. The van der Waals surface area contributed by atoms with Gasteiger partial charge in [-0.1, -0.05) is 118 Å². The van der Waals surface area contributed by atoms with E-state index in [1.54, 1.807) is 113 Å². The lowest BCUT2D eigenvalue weighted by Gasteiger charge is -2.68. The van der Waals surface area contributed by atoms with Crippen LogP contribution in [0.2, 0.25) is 0 Å². The van der Waals surface area contributed by atoms with Crippen molar-refractivity contribution in [2.45, 2.75) is 263 Å². The molecule has 0 radical (unpaired) electrons. The molecule has 9 aliphatic carbocycles. The third kappa shape index (κ3) is 20.7. The first-order chi connectivity index (χ1) is 62.6. The van der Waals surface area contributed by atoms with E-state index in [0.29, 0.717) is 59.8 Å². The van der Waals surface area contributed by atoms with E-state index in [2.05, 4.69) is 94.2 Å². The number of carbonyl (C=O) groups is 7. The van der Waals surface area contributed by atoms with Gasteiger partial charge in [0, 0.05) is 75.6 Å². The molecule has 12 aliphatic rings. The van der Waals surface area contributed by atoms with Gasteiger partial charge in [-0.2, -0.15) is 0 Å². The Morgan fingerprint density at radius 3 is 1.13 bits per heavy atom. The summed E-state index contributed by atoms with van der Waals surface area (Å²) in [4.78, 5) is 93.8. The first-order valence-corrected chi connectivity index (χ1v) is 74.5. The molecule has 3 aliphatic heterocycles. The predicted molar refractivity (Wildman–Crippen MR) is 562 cm³/mol. The molecule has 134 heavy (non-hydrogen) atoms. The fraction of sp³-hybridized carbons (Fsp3) is 0.648. The zero-order valence-electron chi connectivity index (χ0n) is 77.5. The molecule has 0 aromatic heterocycles. The van der Waals surface area contributed by atoms with Crippen molar-refractivity contribution in [1.82, 2.24) is 0 Å². The van der Waals surface area contributed by atoms with E-state index < -0.39 is 280 Å². The largest absolute Gasteiger partial charge is 0.458 e. The standard InChI is InChI=1S/C29H55O9P17.C29H38O9.C29H36O9.CH2Cl2/c1-14-18(31)11-17-22(35-26(33)16-9-7-6-8-10-16)24-28(5,19(37-49(51(40)41)52(42)43)12-20-29(24,13-34-20)36-15(2)30)25(32)23(21(14)27(17,3)4)38-50(53(44)45)55(48-39)54(46)47;2*1-14-18(31)11-17-23(37-26(35)16-9-7-6-8-10-16)24-28(5,25(34)22(33)21(14)27(17,3)4)19(32)12-20-29(24,13-36-20)38-15(2)30;2-1-3/h6-10,17-20,22-25,31-32,48H,11-13,39-47H2,1-5H3;6-10,17-20,22-25,31-34H,11-13H2,1-5H3;6-10,17-20,22-24,31-33H,11-13H2,1-5H3;1H2/t17?,18-,19-,20+,22+,23+,24?,25+,28+,29-,50?,55?;17?,18-,19-,20+,22+,23+,24?,25+,28+,29-;17?,18-,19-,20+,22+,23+,24?,28+,29-;/m000./s1. The van der Waals surface area contributed by atoms with Crippen LogP contribution in [0.3, 0.4) is 0 Å². The minimum Gasteiger partial charge on any atom is -0.458 e. The molecule has 3 heterocycles. The molecule has 0 amide bonds. The van der Waals surface area contributed by atoms with Crippen molar-refractivity contribution < 1.29 is 131 Å². The summed E-state index contributed by atoms with van der Waals surface area (Å²) in [6, 6.07) is 25.8. The summed E-state index contributed by atoms with van der Waals surface area (Å²) >= 11 is 9.53. The lowest BCUT2D eigenvalue weighted by atomic mass is 9.45. The molecule has 3 aromatic rings. The molecular weight excluding hydrogens is 2090 g/mol. The number of hydrogen-bond donors (Lipinski definition) is 9. The van der Waals surface area contributed by atoms with E-state index in [-0.39, 0.29) is 50.8 Å². The van der Waals surface area contributed by atoms with Gasteiger partial charge in [0.1, 0.15) is 54.9 Å². The number of Topliss-reactive ketones (excluding diaryl/α,β-unsaturated/α-hetero) is 1. The number of ether oxygens (including phenoxy) is 9. The summed E-state index contributed by atoms with van der Waals surface area (Å²) in [5, 5.41) is 106. The summed E-state index contributed by atoms with van der Waals surface area (Å²) < 4.78 is 70.5. The Kier molecular flexibility index (Phi) is 37.8. The van der Waals surface area contributed by atoms with Crippen LogP contribution < -0.4 is 0 Å². The molecule has 41 atom stereocenters. The van der Waals surface area contributed by atoms with Gasteiger partial charge in [0.05, 0.1) is 129 Å². The lowest BCUT2D eigenvalue weighted by Crippen LogP contribution is -2.80. The SMILES string of the molecule is CC(=O)O[C@@]12CO[C@@H]1C[C@H](O)[C@@]1(C)C(=O)[C@H](O)C3=C(C)[C@@H](O)CC([C@@H](OC(=O)c4ccccc4)C12)C3(C)C.CC(=O)O[C@@]12CO[C@@H]1C[C@H](O)[C@]1(C)C2[C@H](OC(=O)c2ccccc2)C2C[C@H](O)C(C)=C([C@@H](O)[C@H]1O)C2(C)C.CC(=O)O[C@@]12CO[C@@H]1C[C@H](OP(P(P)P)P(P)P)[C@]1(C)C2[C@H](OC(=O)c2ccccc2)C2C[C@H](O)C(C)=C([C@@H](OP(P(P)P)P(PP)P(P)P)[C@H]1O)C2(C)C.ClCCl. The van der Waals surface area contributed by atoms with Gasteiger partial charge in [0.25, 0.3) is 0 Å². The number of carbonyl (C=O) groups excluding carboxylic acids is 7. The molecule has 744 valence electrons. The van der Waals surface area contributed by atoms with Crippen molar-refractivity contribution in [2.75, 3.05) is 25.2 Å². The summed E-state index contributed by atoms with van der Waals surface area (Å²) in [6.07, 6.45) is -16.3. The van der Waals surface area contributed by atoms with Crippen molar-refractivity contribution in [3.63, 3.8) is 0 Å². The number of aliphatic hydroxyl groups excluding tert-OH is 9. The van der Waals surface area contributed by atoms with Crippen LogP contribution in [-0.2, 0) is 70.9 Å². The quantitative estimate of drug-likeness (QED) is 0.0177. The fourth-order valence-electron chi connectivity index (χ4n) is 24.7. The van der Waals surface area contributed by atoms with E-state index in [1.165, 1.54) is 20.8 Å². The Hall–Kier alpha value is 0.700. The molecule has 18 unspecified atom stereocenters. The minimum atomic E-state index is -1.65. The van der Waals surface area contributed by atoms with Crippen LogP contribution in [0.15, 0.2) is 124 Å². The monoisotopic (exact) mass is 2220 g/mol. The first kappa shape index (κ1) is 113. The predicted octanol–water partition coefficient (Wildman–Crippen LogP) is 17.4. The number of hydrogen-bond acceptors (Lipinski definition) is 27. The second-order valence-electron chi connectivity index (χ2n) is 39.2. The van der Waals surface area contributed by atoms with Crippen LogP contribution in [0.1, 0.15) is 173 Å². The molecule has 9 N–H and O–H groups in total. The molecule has 6 saturated carbocycles. The first-order valence-electron chi connectivity index (χ1n) is 44.1. The van der Waals surface area contributed by atoms with E-state index >= 15 is 0 Å².